The predicted octanol–water partition coefficient (Wildman–Crippen LogP) is 2.59. The van der Waals surface area contributed by atoms with E-state index in [0.29, 0.717) is 12.3 Å². The van der Waals surface area contributed by atoms with E-state index in [2.05, 4.69) is 15.4 Å². The first kappa shape index (κ1) is 12.2. The van der Waals surface area contributed by atoms with Crippen LogP contribution in [-0.2, 0) is 4.79 Å². The minimum atomic E-state index is 0.571. The van der Waals surface area contributed by atoms with Crippen LogP contribution in [0.3, 0.4) is 0 Å². The second-order valence-corrected chi connectivity index (χ2v) is 5.61. The Balaban J connectivity index is 1.75. The number of aryl methyl sites for hydroxylation is 1. The van der Waals surface area contributed by atoms with Crippen LogP contribution in [0.5, 0.6) is 0 Å². The van der Waals surface area contributed by atoms with Crippen molar-refractivity contribution in [3.05, 3.63) is 35.9 Å². The standard InChI is InChI=1S/C13H14N4OS/c1-9-6-11(15-8-18)4-5-12(9)19-17-7-14-13(16-17)10-2-3-10/h4-8,10H,2-3H2,1H3,(H,15,18). The molecule has 98 valence electrons. The maximum Gasteiger partial charge on any atom is 0.211 e. The van der Waals surface area contributed by atoms with Gasteiger partial charge in [-0.2, -0.15) is 4.09 Å². The second kappa shape index (κ2) is 5.05. The van der Waals surface area contributed by atoms with Crippen molar-refractivity contribution in [1.82, 2.24) is 14.2 Å². The number of aromatic nitrogens is 3. The van der Waals surface area contributed by atoms with E-state index in [-0.39, 0.29) is 0 Å². The van der Waals surface area contributed by atoms with E-state index in [9.17, 15) is 4.79 Å². The Labute approximate surface area is 115 Å². The highest BCUT2D eigenvalue weighted by Gasteiger charge is 2.27. The van der Waals surface area contributed by atoms with Crippen LogP contribution in [0.25, 0.3) is 0 Å². The Bertz CT molecular complexity index is 606. The third kappa shape index (κ3) is 2.78. The lowest BCUT2D eigenvalue weighted by atomic mass is 10.2. The average molecular weight is 274 g/mol. The summed E-state index contributed by atoms with van der Waals surface area (Å²) in [4.78, 5) is 15.8. The average Bonchev–Trinajstić information content (AvgIpc) is 3.14. The lowest BCUT2D eigenvalue weighted by molar-refractivity contribution is -0.105. The zero-order chi connectivity index (χ0) is 13.2. The molecule has 1 heterocycles. The van der Waals surface area contributed by atoms with Crippen LogP contribution < -0.4 is 5.32 Å². The summed E-state index contributed by atoms with van der Waals surface area (Å²) in [6.07, 6.45) is 4.86. The molecule has 1 aromatic heterocycles. The summed E-state index contributed by atoms with van der Waals surface area (Å²) in [6, 6.07) is 5.79. The molecule has 1 amide bonds. The van der Waals surface area contributed by atoms with Crippen molar-refractivity contribution in [3.63, 3.8) is 0 Å². The first-order valence-electron chi connectivity index (χ1n) is 6.17. The summed E-state index contributed by atoms with van der Waals surface area (Å²) < 4.78 is 1.79. The van der Waals surface area contributed by atoms with Crippen molar-refractivity contribution in [2.75, 3.05) is 5.32 Å². The minimum Gasteiger partial charge on any atom is -0.329 e. The van der Waals surface area contributed by atoms with E-state index in [1.165, 1.54) is 24.8 Å². The van der Waals surface area contributed by atoms with E-state index in [0.717, 1.165) is 22.0 Å². The van der Waals surface area contributed by atoms with Crippen LogP contribution in [0, 0.1) is 6.92 Å². The number of amides is 1. The molecule has 6 heteroatoms. The number of rotatable bonds is 5. The summed E-state index contributed by atoms with van der Waals surface area (Å²) in [5, 5.41) is 7.11. The Hall–Kier alpha value is -1.82. The largest absolute Gasteiger partial charge is 0.329 e. The maximum absolute atomic E-state index is 10.4. The quantitative estimate of drug-likeness (QED) is 0.851. The lowest BCUT2D eigenvalue weighted by Crippen LogP contribution is -1.95. The molecule has 0 radical (unpaired) electrons. The summed E-state index contributed by atoms with van der Waals surface area (Å²) in [6.45, 7) is 2.01. The van der Waals surface area contributed by atoms with Gasteiger partial charge in [-0.1, -0.05) is 0 Å². The van der Waals surface area contributed by atoms with Gasteiger partial charge in [-0.3, -0.25) is 4.79 Å². The molecule has 1 aliphatic carbocycles. The number of nitrogens with one attached hydrogen (secondary N) is 1. The molecule has 1 aromatic carbocycles. The zero-order valence-corrected chi connectivity index (χ0v) is 11.4. The van der Waals surface area contributed by atoms with Gasteiger partial charge >= 0.3 is 0 Å². The predicted molar refractivity (Wildman–Crippen MR) is 74.1 cm³/mol. The normalized spacial score (nSPS) is 14.4. The zero-order valence-electron chi connectivity index (χ0n) is 10.5. The van der Waals surface area contributed by atoms with Crippen LogP contribution >= 0.6 is 11.9 Å². The summed E-state index contributed by atoms with van der Waals surface area (Å²) >= 11 is 1.53. The molecule has 1 aliphatic rings. The van der Waals surface area contributed by atoms with Gasteiger partial charge in [0.1, 0.15) is 6.33 Å². The third-order valence-electron chi connectivity index (χ3n) is 3.02. The molecule has 19 heavy (non-hydrogen) atoms. The van der Waals surface area contributed by atoms with E-state index in [1.54, 1.807) is 10.4 Å². The van der Waals surface area contributed by atoms with E-state index >= 15 is 0 Å². The fourth-order valence-electron chi connectivity index (χ4n) is 1.84. The van der Waals surface area contributed by atoms with Crippen LogP contribution in [0.1, 0.15) is 30.1 Å². The SMILES string of the molecule is Cc1cc(NC=O)ccc1Sn1cnc(C2CC2)n1. The fraction of sp³-hybridized carbons (Fsp3) is 0.308. The second-order valence-electron chi connectivity index (χ2n) is 4.61. The van der Waals surface area contributed by atoms with Crippen LogP contribution in [0.4, 0.5) is 5.69 Å². The van der Waals surface area contributed by atoms with Crippen molar-refractivity contribution in [1.29, 1.82) is 0 Å². The Morgan fingerprint density at radius 3 is 3.00 bits per heavy atom. The Kier molecular flexibility index (Phi) is 3.25. The molecule has 3 rings (SSSR count). The number of hydrogen-bond donors (Lipinski definition) is 1. The van der Waals surface area contributed by atoms with Gasteiger partial charge in [0.2, 0.25) is 6.41 Å². The third-order valence-corrected chi connectivity index (χ3v) is 4.04. The summed E-state index contributed by atoms with van der Waals surface area (Å²) in [5.41, 5.74) is 1.90. The first-order valence-corrected chi connectivity index (χ1v) is 6.94. The number of carbonyl (C=O) groups is 1. The number of nitrogens with zero attached hydrogens (tertiary/aromatic N) is 3. The van der Waals surface area contributed by atoms with E-state index in [4.69, 9.17) is 0 Å². The summed E-state index contributed by atoms with van der Waals surface area (Å²) in [5.74, 6) is 1.52. The lowest BCUT2D eigenvalue weighted by Gasteiger charge is -2.06. The van der Waals surface area contributed by atoms with Crippen molar-refractivity contribution in [3.8, 4) is 0 Å². The van der Waals surface area contributed by atoms with Crippen LogP contribution in [-0.4, -0.2) is 20.6 Å². The molecule has 2 aromatic rings. The van der Waals surface area contributed by atoms with E-state index in [1.807, 2.05) is 25.1 Å². The number of carbonyl (C=O) groups excluding carboxylic acids is 1. The van der Waals surface area contributed by atoms with Crippen molar-refractivity contribution < 1.29 is 4.79 Å². The molecule has 0 atom stereocenters. The van der Waals surface area contributed by atoms with Crippen LogP contribution in [0.15, 0.2) is 29.4 Å². The topological polar surface area (TPSA) is 59.8 Å². The first-order chi connectivity index (χ1) is 9.26. The van der Waals surface area contributed by atoms with Gasteiger partial charge < -0.3 is 5.32 Å². The van der Waals surface area contributed by atoms with Gasteiger partial charge in [0.25, 0.3) is 0 Å². The van der Waals surface area contributed by atoms with Crippen molar-refractivity contribution >= 4 is 24.0 Å². The molecular formula is C13H14N4OS. The van der Waals surface area contributed by atoms with Gasteiger partial charge in [0.15, 0.2) is 5.82 Å². The van der Waals surface area contributed by atoms with Gasteiger partial charge in [-0.25, -0.2) is 4.98 Å². The molecule has 1 N–H and O–H groups in total. The summed E-state index contributed by atoms with van der Waals surface area (Å²) in [7, 11) is 0. The van der Waals surface area contributed by atoms with Gasteiger partial charge in [-0.15, -0.1) is 5.10 Å². The van der Waals surface area contributed by atoms with E-state index < -0.39 is 0 Å². The van der Waals surface area contributed by atoms with Crippen molar-refractivity contribution in [2.45, 2.75) is 30.6 Å². The highest BCUT2D eigenvalue weighted by Crippen LogP contribution is 2.38. The minimum absolute atomic E-state index is 0.571. The number of hydrogen-bond acceptors (Lipinski definition) is 4. The highest BCUT2D eigenvalue weighted by atomic mass is 32.2. The van der Waals surface area contributed by atoms with Gasteiger partial charge in [0.05, 0.1) is 0 Å². The fourth-order valence-corrected chi connectivity index (χ4v) is 2.60. The number of anilines is 1. The number of benzene rings is 1. The molecule has 1 fully saturated rings. The van der Waals surface area contributed by atoms with Crippen molar-refractivity contribution in [2.24, 2.45) is 0 Å². The molecule has 5 nitrogen and oxygen atoms in total. The molecule has 0 spiro atoms. The smallest absolute Gasteiger partial charge is 0.211 e. The van der Waals surface area contributed by atoms with Gasteiger partial charge in [0, 0.05) is 28.4 Å². The Morgan fingerprint density at radius 1 is 1.47 bits per heavy atom. The Morgan fingerprint density at radius 2 is 2.32 bits per heavy atom. The molecule has 0 bridgehead atoms. The maximum atomic E-state index is 10.4. The van der Waals surface area contributed by atoms with Gasteiger partial charge in [-0.05, 0) is 43.5 Å². The molecular weight excluding hydrogens is 260 g/mol. The monoisotopic (exact) mass is 274 g/mol. The molecule has 0 unspecified atom stereocenters. The molecule has 0 aliphatic heterocycles. The molecule has 0 saturated heterocycles. The highest BCUT2D eigenvalue weighted by molar-refractivity contribution is 7.97. The van der Waals surface area contributed by atoms with Crippen LogP contribution in [0.2, 0.25) is 0 Å². The molecule has 1 saturated carbocycles.